The van der Waals surface area contributed by atoms with E-state index in [0.29, 0.717) is 12.1 Å². The Bertz CT molecular complexity index is 339. The van der Waals surface area contributed by atoms with Crippen molar-refractivity contribution in [3.05, 3.63) is 30.1 Å². The van der Waals surface area contributed by atoms with Crippen molar-refractivity contribution in [1.29, 1.82) is 0 Å². The van der Waals surface area contributed by atoms with Gasteiger partial charge in [0.15, 0.2) is 0 Å². The summed E-state index contributed by atoms with van der Waals surface area (Å²) in [6, 6.07) is 7.51. The second-order valence-corrected chi connectivity index (χ2v) is 5.30. The zero-order valence-electron chi connectivity index (χ0n) is 11.6. The van der Waals surface area contributed by atoms with Crippen LogP contribution < -0.4 is 5.32 Å². The molecule has 1 heterocycles. The molecular formula is C15H25N3. The summed E-state index contributed by atoms with van der Waals surface area (Å²) >= 11 is 0. The van der Waals surface area contributed by atoms with E-state index in [2.05, 4.69) is 41.4 Å². The lowest BCUT2D eigenvalue weighted by atomic mass is 9.89. The molecule has 1 aromatic heterocycles. The maximum Gasteiger partial charge on any atom is 0.0416 e. The fraction of sp³-hybridized carbons (Fsp3) is 0.667. The number of nitrogens with one attached hydrogen (secondary N) is 1. The molecular weight excluding hydrogens is 222 g/mol. The first-order chi connectivity index (χ1) is 8.81. The highest BCUT2D eigenvalue weighted by Crippen LogP contribution is 2.22. The first kappa shape index (κ1) is 13.5. The lowest BCUT2D eigenvalue weighted by Gasteiger charge is -2.38. The van der Waals surface area contributed by atoms with E-state index in [9.17, 15) is 0 Å². The molecule has 2 atom stereocenters. The SMILES string of the molecule is CNC1CCCCC1N(C)CCc1ccccn1. The molecule has 3 nitrogen and oxygen atoms in total. The average Bonchev–Trinajstić information content (AvgIpc) is 2.45. The van der Waals surface area contributed by atoms with Crippen molar-refractivity contribution in [2.24, 2.45) is 0 Å². The van der Waals surface area contributed by atoms with Gasteiger partial charge in [0.25, 0.3) is 0 Å². The predicted octanol–water partition coefficient (Wildman–Crippen LogP) is 2.09. The molecule has 18 heavy (non-hydrogen) atoms. The Morgan fingerprint density at radius 1 is 1.33 bits per heavy atom. The summed E-state index contributed by atoms with van der Waals surface area (Å²) < 4.78 is 0. The van der Waals surface area contributed by atoms with Crippen LogP contribution in [-0.2, 0) is 6.42 Å². The van der Waals surface area contributed by atoms with Crippen molar-refractivity contribution in [3.63, 3.8) is 0 Å². The first-order valence-corrected chi connectivity index (χ1v) is 7.08. The average molecular weight is 247 g/mol. The van der Waals surface area contributed by atoms with Crippen LogP contribution in [0.2, 0.25) is 0 Å². The van der Waals surface area contributed by atoms with Gasteiger partial charge >= 0.3 is 0 Å². The van der Waals surface area contributed by atoms with Crippen molar-refractivity contribution < 1.29 is 0 Å². The van der Waals surface area contributed by atoms with Gasteiger partial charge in [0.05, 0.1) is 0 Å². The Morgan fingerprint density at radius 2 is 2.17 bits per heavy atom. The Kier molecular flexibility index (Phi) is 5.14. The van der Waals surface area contributed by atoms with Crippen molar-refractivity contribution in [1.82, 2.24) is 15.2 Å². The zero-order valence-corrected chi connectivity index (χ0v) is 11.6. The quantitative estimate of drug-likeness (QED) is 0.863. The van der Waals surface area contributed by atoms with E-state index in [4.69, 9.17) is 0 Å². The van der Waals surface area contributed by atoms with E-state index < -0.39 is 0 Å². The molecule has 1 N–H and O–H groups in total. The van der Waals surface area contributed by atoms with Crippen LogP contribution >= 0.6 is 0 Å². The van der Waals surface area contributed by atoms with Crippen LogP contribution in [0.15, 0.2) is 24.4 Å². The van der Waals surface area contributed by atoms with Crippen LogP contribution in [0.5, 0.6) is 0 Å². The maximum absolute atomic E-state index is 4.39. The molecule has 0 aromatic carbocycles. The fourth-order valence-corrected chi connectivity index (χ4v) is 2.98. The van der Waals surface area contributed by atoms with Gasteiger partial charge in [0.2, 0.25) is 0 Å². The minimum absolute atomic E-state index is 0.660. The van der Waals surface area contributed by atoms with Crippen molar-refractivity contribution in [3.8, 4) is 0 Å². The largest absolute Gasteiger partial charge is 0.315 e. The molecule has 2 unspecified atom stereocenters. The predicted molar refractivity (Wildman–Crippen MR) is 75.7 cm³/mol. The Morgan fingerprint density at radius 3 is 2.89 bits per heavy atom. The molecule has 0 amide bonds. The highest BCUT2D eigenvalue weighted by molar-refractivity contribution is 5.04. The highest BCUT2D eigenvalue weighted by atomic mass is 15.2. The van der Waals surface area contributed by atoms with Crippen molar-refractivity contribution in [2.75, 3.05) is 20.6 Å². The van der Waals surface area contributed by atoms with Gasteiger partial charge in [-0.1, -0.05) is 18.9 Å². The van der Waals surface area contributed by atoms with E-state index in [0.717, 1.165) is 13.0 Å². The summed E-state index contributed by atoms with van der Waals surface area (Å²) in [5, 5.41) is 3.48. The van der Waals surface area contributed by atoms with Crippen LogP contribution in [0, 0.1) is 0 Å². The summed E-state index contributed by atoms with van der Waals surface area (Å²) in [6.45, 7) is 1.10. The van der Waals surface area contributed by atoms with E-state index >= 15 is 0 Å². The van der Waals surface area contributed by atoms with Crippen molar-refractivity contribution >= 4 is 0 Å². The number of hydrogen-bond acceptors (Lipinski definition) is 3. The minimum Gasteiger partial charge on any atom is -0.315 e. The first-order valence-electron chi connectivity index (χ1n) is 7.08. The minimum atomic E-state index is 0.660. The molecule has 1 fully saturated rings. The van der Waals surface area contributed by atoms with Crippen LogP contribution in [0.3, 0.4) is 0 Å². The second kappa shape index (κ2) is 6.86. The smallest absolute Gasteiger partial charge is 0.0416 e. The zero-order chi connectivity index (χ0) is 12.8. The van der Waals surface area contributed by atoms with Gasteiger partial charge < -0.3 is 10.2 Å². The second-order valence-electron chi connectivity index (χ2n) is 5.30. The van der Waals surface area contributed by atoms with Crippen LogP contribution in [0.4, 0.5) is 0 Å². The standard InChI is InChI=1S/C15H25N3/c1-16-14-8-3-4-9-15(14)18(2)12-10-13-7-5-6-11-17-13/h5-7,11,14-16H,3-4,8-10,12H2,1-2H3. The summed E-state index contributed by atoms with van der Waals surface area (Å²) in [7, 11) is 4.35. The lowest BCUT2D eigenvalue weighted by Crippen LogP contribution is -2.49. The molecule has 3 heteroatoms. The molecule has 1 aliphatic rings. The van der Waals surface area contributed by atoms with E-state index in [1.165, 1.54) is 31.4 Å². The van der Waals surface area contributed by atoms with Gasteiger partial charge in [-0.05, 0) is 39.1 Å². The van der Waals surface area contributed by atoms with Gasteiger partial charge in [-0.3, -0.25) is 4.98 Å². The molecule has 1 aliphatic carbocycles. The van der Waals surface area contributed by atoms with Gasteiger partial charge in [-0.2, -0.15) is 0 Å². The van der Waals surface area contributed by atoms with Gasteiger partial charge in [0.1, 0.15) is 0 Å². The molecule has 0 aliphatic heterocycles. The molecule has 100 valence electrons. The molecule has 1 aromatic rings. The third-order valence-corrected chi connectivity index (χ3v) is 4.11. The van der Waals surface area contributed by atoms with Crippen molar-refractivity contribution in [2.45, 2.75) is 44.2 Å². The normalized spacial score (nSPS) is 24.4. The number of rotatable bonds is 5. The number of hydrogen-bond donors (Lipinski definition) is 1. The van der Waals surface area contributed by atoms with Crippen LogP contribution in [-0.4, -0.2) is 42.6 Å². The fourth-order valence-electron chi connectivity index (χ4n) is 2.98. The monoisotopic (exact) mass is 247 g/mol. The summed E-state index contributed by atoms with van der Waals surface area (Å²) in [5.74, 6) is 0. The third kappa shape index (κ3) is 3.53. The highest BCUT2D eigenvalue weighted by Gasteiger charge is 2.26. The van der Waals surface area contributed by atoms with Gasteiger partial charge in [0, 0.05) is 36.9 Å². The van der Waals surface area contributed by atoms with Gasteiger partial charge in [-0.25, -0.2) is 0 Å². The Labute approximate surface area is 111 Å². The summed E-state index contributed by atoms with van der Waals surface area (Å²) in [4.78, 5) is 6.90. The summed E-state index contributed by atoms with van der Waals surface area (Å²) in [5.41, 5.74) is 1.20. The number of pyridine rings is 1. The number of aromatic nitrogens is 1. The summed E-state index contributed by atoms with van der Waals surface area (Å²) in [6.07, 6.45) is 8.31. The molecule has 0 bridgehead atoms. The number of nitrogens with zero attached hydrogens (tertiary/aromatic N) is 2. The van der Waals surface area contributed by atoms with Crippen LogP contribution in [0.25, 0.3) is 0 Å². The lowest BCUT2D eigenvalue weighted by molar-refractivity contribution is 0.155. The molecule has 2 rings (SSSR count). The Hall–Kier alpha value is -0.930. The molecule has 0 saturated heterocycles. The van der Waals surface area contributed by atoms with Gasteiger partial charge in [-0.15, -0.1) is 0 Å². The van der Waals surface area contributed by atoms with E-state index in [-0.39, 0.29) is 0 Å². The Balaban J connectivity index is 1.85. The van der Waals surface area contributed by atoms with E-state index in [1.54, 1.807) is 0 Å². The molecule has 0 radical (unpaired) electrons. The molecule has 1 saturated carbocycles. The van der Waals surface area contributed by atoms with Crippen LogP contribution in [0.1, 0.15) is 31.4 Å². The topological polar surface area (TPSA) is 28.2 Å². The number of likely N-dealkylation sites (N-methyl/N-ethyl adjacent to an activating group) is 2. The maximum atomic E-state index is 4.39. The van der Waals surface area contributed by atoms with E-state index in [1.807, 2.05) is 12.3 Å². The third-order valence-electron chi connectivity index (χ3n) is 4.11. The molecule has 0 spiro atoms.